The summed E-state index contributed by atoms with van der Waals surface area (Å²) in [6.45, 7) is 6.47. The van der Waals surface area contributed by atoms with Crippen LogP contribution in [0.3, 0.4) is 0 Å². The number of carbonyl (C=O) groups excluding carboxylic acids is 4. The molecule has 0 bridgehead atoms. The van der Waals surface area contributed by atoms with Gasteiger partial charge in [-0.2, -0.15) is 0 Å². The molecule has 1 fully saturated rings. The number of piperidine rings is 1. The number of aromatic amines is 1. The number of carbonyl (C=O) groups is 4. The van der Waals surface area contributed by atoms with Crippen molar-refractivity contribution in [1.82, 2.24) is 36.1 Å². The first-order valence-electron chi connectivity index (χ1n) is 13.2. The molecule has 0 aliphatic carbocycles. The van der Waals surface area contributed by atoms with Gasteiger partial charge in [0.05, 0.1) is 12.1 Å². The fraction of sp³-hybridized carbons (Fsp3) is 0.615. The highest BCUT2D eigenvalue weighted by atomic mass is 16.2. The van der Waals surface area contributed by atoms with Crippen LogP contribution in [0.1, 0.15) is 51.5 Å². The Morgan fingerprint density at radius 3 is 2.51 bits per heavy atom. The highest BCUT2D eigenvalue weighted by Gasteiger charge is 2.43. The van der Waals surface area contributed by atoms with Gasteiger partial charge in [-0.25, -0.2) is 9.78 Å². The molecule has 5 N–H and O–H groups in total. The van der Waals surface area contributed by atoms with Crippen molar-refractivity contribution in [3.05, 3.63) is 28.4 Å². The van der Waals surface area contributed by atoms with E-state index < -0.39 is 29.1 Å². The second-order valence-corrected chi connectivity index (χ2v) is 10.0. The number of rotatable bonds is 12. The van der Waals surface area contributed by atoms with Crippen molar-refractivity contribution in [1.29, 1.82) is 0 Å². The minimum Gasteiger partial charge on any atom is -0.363 e. The Morgan fingerprint density at radius 2 is 1.90 bits per heavy atom. The first-order valence-corrected chi connectivity index (χ1v) is 13.2. The Hall–Kier alpha value is -3.66. The van der Waals surface area contributed by atoms with E-state index >= 15 is 0 Å². The number of hydrogen-bond donors (Lipinski definition) is 5. The van der Waals surface area contributed by atoms with Gasteiger partial charge >= 0.3 is 5.69 Å². The molecule has 1 atom stereocenters. The van der Waals surface area contributed by atoms with Crippen molar-refractivity contribution in [3.8, 4) is 11.8 Å². The van der Waals surface area contributed by atoms with Crippen LogP contribution in [0.15, 0.2) is 17.2 Å². The number of aromatic nitrogens is 2. The Labute approximate surface area is 230 Å². The third-order valence-corrected chi connectivity index (χ3v) is 6.43. The third-order valence-electron chi connectivity index (χ3n) is 6.43. The molecule has 1 aromatic rings. The van der Waals surface area contributed by atoms with Crippen molar-refractivity contribution >= 4 is 30.9 Å². The highest BCUT2D eigenvalue weighted by Crippen LogP contribution is 2.23. The predicted molar refractivity (Wildman–Crippen MR) is 148 cm³/mol. The summed E-state index contributed by atoms with van der Waals surface area (Å²) in [5, 5.41) is 11.1. The van der Waals surface area contributed by atoms with Gasteiger partial charge in [-0.15, -0.1) is 0 Å². The van der Waals surface area contributed by atoms with E-state index in [4.69, 9.17) is 0 Å². The van der Waals surface area contributed by atoms with Crippen LogP contribution < -0.4 is 27.0 Å². The average Bonchev–Trinajstić information content (AvgIpc) is 2.91. The summed E-state index contributed by atoms with van der Waals surface area (Å²) < 4.78 is 0. The summed E-state index contributed by atoms with van der Waals surface area (Å²) in [6, 6.07) is -0.830. The van der Waals surface area contributed by atoms with E-state index in [1.807, 2.05) is 27.7 Å². The van der Waals surface area contributed by atoms with Gasteiger partial charge in [0.15, 0.2) is 0 Å². The van der Waals surface area contributed by atoms with Gasteiger partial charge in [-0.05, 0) is 38.7 Å². The lowest BCUT2D eigenvalue weighted by atomic mass is 9.83. The fourth-order valence-corrected chi connectivity index (χ4v) is 4.02. The highest BCUT2D eigenvalue weighted by molar-refractivity contribution is 6.34. The van der Waals surface area contributed by atoms with Gasteiger partial charge in [0.2, 0.25) is 23.6 Å². The summed E-state index contributed by atoms with van der Waals surface area (Å²) in [6.07, 6.45) is 5.12. The molecule has 211 valence electrons. The van der Waals surface area contributed by atoms with E-state index in [-0.39, 0.29) is 30.7 Å². The molecule has 0 aromatic carbocycles. The lowest BCUT2D eigenvalue weighted by Gasteiger charge is -2.41. The van der Waals surface area contributed by atoms with Crippen LogP contribution >= 0.6 is 0 Å². The quantitative estimate of drug-likeness (QED) is 0.128. The fourth-order valence-electron chi connectivity index (χ4n) is 4.02. The maximum Gasteiger partial charge on any atom is 0.344 e. The monoisotopic (exact) mass is 540 g/mol. The molecule has 12 nitrogen and oxygen atoms in total. The van der Waals surface area contributed by atoms with Crippen molar-refractivity contribution in [3.63, 3.8) is 0 Å². The van der Waals surface area contributed by atoms with Crippen LogP contribution in [0.4, 0.5) is 0 Å². The zero-order valence-corrected chi connectivity index (χ0v) is 23.2. The largest absolute Gasteiger partial charge is 0.363 e. The lowest BCUT2D eigenvalue weighted by Crippen LogP contribution is -2.66. The summed E-state index contributed by atoms with van der Waals surface area (Å²) in [5.74, 6) is 4.13. The maximum absolute atomic E-state index is 13.4. The average molecular weight is 540 g/mol. The normalized spacial score (nSPS) is 15.3. The Kier molecular flexibility index (Phi) is 12.7. The first kappa shape index (κ1) is 31.6. The van der Waals surface area contributed by atoms with Crippen LogP contribution in [0.5, 0.6) is 0 Å². The van der Waals surface area contributed by atoms with E-state index in [1.165, 1.54) is 12.4 Å². The minimum atomic E-state index is -1.18. The smallest absolute Gasteiger partial charge is 0.344 e. The third kappa shape index (κ3) is 10.6. The van der Waals surface area contributed by atoms with Gasteiger partial charge in [-0.3, -0.25) is 19.2 Å². The van der Waals surface area contributed by atoms with Crippen LogP contribution in [0.25, 0.3) is 0 Å². The second kappa shape index (κ2) is 15.7. The SMILES string of the molecule is C[B]CNC(=O)CNC(=O)C1(NC(=O)[C@@H](NC(=O)CCCC#Cc2cnc(=O)[nH]c2)C(C)C)CCN(C)CC1. The number of likely N-dealkylation sites (tertiary alicyclic amines) is 1. The van der Waals surface area contributed by atoms with E-state index in [0.717, 1.165) is 0 Å². The standard InChI is InChI=1S/C26H39BN7O5/c1-18(2)22(32-20(35)9-7-5-6-8-19-14-29-25(39)30-15-19)23(37)33-26(10-12-34(4)13-11-26)24(38)28-16-21(36)31-17-27-3/h14-15,18,22H,5,7,9-13,16-17H2,1-4H3,(H,28,38)(H,31,36)(H,32,35)(H,33,37)(H,29,30,39)/t22-/m0/s1. The first-order chi connectivity index (χ1) is 18.6. The molecule has 0 spiro atoms. The molecule has 39 heavy (non-hydrogen) atoms. The molecule has 2 rings (SSSR count). The molecule has 2 heterocycles. The van der Waals surface area contributed by atoms with Crippen molar-refractivity contribution in [2.24, 2.45) is 5.92 Å². The van der Waals surface area contributed by atoms with Gasteiger partial charge < -0.3 is 31.2 Å². The van der Waals surface area contributed by atoms with Gasteiger partial charge in [0.1, 0.15) is 18.9 Å². The van der Waals surface area contributed by atoms with Crippen LogP contribution in [-0.4, -0.2) is 90.5 Å². The van der Waals surface area contributed by atoms with E-state index in [1.54, 1.807) is 7.28 Å². The molecule has 1 aliphatic rings. The Morgan fingerprint density at radius 1 is 1.18 bits per heavy atom. The molecule has 0 saturated carbocycles. The summed E-state index contributed by atoms with van der Waals surface area (Å²) in [4.78, 5) is 70.3. The number of unbranched alkanes of at least 4 members (excludes halogenated alkanes) is 1. The van der Waals surface area contributed by atoms with Crippen molar-refractivity contribution < 1.29 is 19.2 Å². The van der Waals surface area contributed by atoms with Gasteiger partial charge in [0, 0.05) is 38.3 Å². The van der Waals surface area contributed by atoms with E-state index in [0.29, 0.717) is 50.8 Å². The van der Waals surface area contributed by atoms with Crippen molar-refractivity contribution in [2.45, 2.75) is 64.4 Å². The van der Waals surface area contributed by atoms with Crippen LogP contribution in [0, 0.1) is 17.8 Å². The predicted octanol–water partition coefficient (Wildman–Crippen LogP) is -1.04. The Balaban J connectivity index is 1.96. The number of nitrogens with one attached hydrogen (secondary N) is 5. The van der Waals surface area contributed by atoms with Gasteiger partial charge in [0.25, 0.3) is 0 Å². The van der Waals surface area contributed by atoms with Crippen LogP contribution in [-0.2, 0) is 19.2 Å². The molecule has 4 amide bonds. The summed E-state index contributed by atoms with van der Waals surface area (Å²) >= 11 is 0. The van der Waals surface area contributed by atoms with Gasteiger partial charge in [-0.1, -0.05) is 32.5 Å². The maximum atomic E-state index is 13.4. The zero-order chi connectivity index (χ0) is 28.8. The molecule has 1 aromatic heterocycles. The Bertz CT molecular complexity index is 1100. The molecular weight excluding hydrogens is 501 g/mol. The number of H-pyrrole nitrogens is 1. The van der Waals surface area contributed by atoms with E-state index in [2.05, 4.69) is 48.0 Å². The van der Waals surface area contributed by atoms with Crippen LogP contribution in [0.2, 0.25) is 6.82 Å². The van der Waals surface area contributed by atoms with E-state index in [9.17, 15) is 24.0 Å². The molecule has 0 unspecified atom stereocenters. The summed E-state index contributed by atoms with van der Waals surface area (Å²) in [5.41, 5.74) is -1.05. The zero-order valence-electron chi connectivity index (χ0n) is 23.2. The second-order valence-electron chi connectivity index (χ2n) is 10.0. The molecule has 1 radical (unpaired) electrons. The number of amides is 4. The summed E-state index contributed by atoms with van der Waals surface area (Å²) in [7, 11) is 3.73. The molecule has 1 saturated heterocycles. The lowest BCUT2D eigenvalue weighted by molar-refractivity contribution is -0.138. The molecular formula is C26H39BN7O5. The topological polar surface area (TPSA) is 165 Å². The minimum absolute atomic E-state index is 0.176. The molecule has 1 aliphatic heterocycles. The van der Waals surface area contributed by atoms with Crippen molar-refractivity contribution in [2.75, 3.05) is 33.1 Å². The molecule has 13 heteroatoms. The number of hydrogen-bond acceptors (Lipinski definition) is 7. The number of nitrogens with zero attached hydrogens (tertiary/aromatic N) is 2.